The van der Waals surface area contributed by atoms with Gasteiger partial charge < -0.3 is 25.2 Å². The number of nitrogens with zero attached hydrogens (tertiary/aromatic N) is 4. The maximum Gasteiger partial charge on any atom is 0.253 e. The lowest BCUT2D eigenvalue weighted by molar-refractivity contribution is 0.0663. The highest BCUT2D eigenvalue weighted by atomic mass is 35.5. The standard InChI is InChI=1S/C33H34ClFN6O2/c1-40(2)24-13-15-41(16-14-24)32(42)20-7-10-23(11-8-20)38-33-37-19-21-18-36-31(29-27(35)5-4-6-28(29)43-3)26-17-22(34)9-12-25(26)30(21)39-33/h4-12,17,19,24,31,36H,13-16,18H2,1-3H3,(H,37,38,39). The predicted octanol–water partition coefficient (Wildman–Crippen LogP) is 6.05. The molecule has 1 aromatic heterocycles. The highest BCUT2D eigenvalue weighted by molar-refractivity contribution is 6.30. The molecular formula is C33H34ClFN6O2. The van der Waals surface area contributed by atoms with Crippen LogP contribution in [-0.4, -0.2) is 66.0 Å². The highest BCUT2D eigenvalue weighted by Crippen LogP contribution is 2.41. The molecule has 2 N–H and O–H groups in total. The van der Waals surface area contributed by atoms with Gasteiger partial charge in [0.2, 0.25) is 5.95 Å². The third kappa shape index (κ3) is 5.93. The minimum atomic E-state index is -0.519. The number of anilines is 2. The van der Waals surface area contributed by atoms with Crippen molar-refractivity contribution >= 4 is 29.1 Å². The van der Waals surface area contributed by atoms with Crippen molar-refractivity contribution in [3.63, 3.8) is 0 Å². The molecule has 1 unspecified atom stereocenters. The molecule has 43 heavy (non-hydrogen) atoms. The summed E-state index contributed by atoms with van der Waals surface area (Å²) < 4.78 is 20.7. The summed E-state index contributed by atoms with van der Waals surface area (Å²) in [4.78, 5) is 26.7. The molecule has 0 saturated carbocycles. The van der Waals surface area contributed by atoms with E-state index in [0.29, 0.717) is 40.4 Å². The molecule has 10 heteroatoms. The number of fused-ring (bicyclic) bond motifs is 3. The van der Waals surface area contributed by atoms with Gasteiger partial charge in [-0.05, 0) is 81.0 Å². The van der Waals surface area contributed by atoms with E-state index in [9.17, 15) is 4.79 Å². The molecule has 3 aromatic carbocycles. The van der Waals surface area contributed by atoms with Gasteiger partial charge in [-0.25, -0.2) is 14.4 Å². The van der Waals surface area contributed by atoms with E-state index in [1.165, 1.54) is 13.2 Å². The van der Waals surface area contributed by atoms with Crippen LogP contribution in [0, 0.1) is 5.82 Å². The van der Waals surface area contributed by atoms with Crippen molar-refractivity contribution < 1.29 is 13.9 Å². The van der Waals surface area contributed by atoms with Gasteiger partial charge in [0.1, 0.15) is 11.6 Å². The molecule has 222 valence electrons. The topological polar surface area (TPSA) is 82.6 Å². The van der Waals surface area contributed by atoms with E-state index < -0.39 is 6.04 Å². The number of likely N-dealkylation sites (tertiary alicyclic amines) is 1. The number of rotatable bonds is 6. The summed E-state index contributed by atoms with van der Waals surface area (Å²) >= 11 is 6.44. The van der Waals surface area contributed by atoms with E-state index in [1.807, 2.05) is 41.3 Å². The van der Waals surface area contributed by atoms with Gasteiger partial charge in [0.05, 0.1) is 24.4 Å². The van der Waals surface area contributed by atoms with Crippen LogP contribution >= 0.6 is 11.6 Å². The van der Waals surface area contributed by atoms with E-state index in [0.717, 1.165) is 54.0 Å². The number of nitrogens with one attached hydrogen (secondary N) is 2. The van der Waals surface area contributed by atoms with Crippen molar-refractivity contribution in [3.8, 4) is 17.0 Å². The Kier molecular flexibility index (Phi) is 8.30. The number of piperidine rings is 1. The molecule has 2 aliphatic heterocycles. The first kappa shape index (κ1) is 29.0. The molecule has 1 saturated heterocycles. The number of hydrogen-bond acceptors (Lipinski definition) is 7. The fraction of sp³-hybridized carbons (Fsp3) is 0.303. The Morgan fingerprint density at radius 1 is 1.12 bits per heavy atom. The quantitative estimate of drug-likeness (QED) is 0.279. The third-order valence-electron chi connectivity index (χ3n) is 8.33. The minimum Gasteiger partial charge on any atom is -0.496 e. The van der Waals surface area contributed by atoms with Crippen LogP contribution in [0.5, 0.6) is 5.75 Å². The number of ether oxygens (including phenoxy) is 1. The highest BCUT2D eigenvalue weighted by Gasteiger charge is 2.29. The molecule has 1 atom stereocenters. The lowest BCUT2D eigenvalue weighted by atomic mass is 9.92. The van der Waals surface area contributed by atoms with Crippen LogP contribution in [0.25, 0.3) is 11.3 Å². The van der Waals surface area contributed by atoms with Crippen LogP contribution in [0.1, 0.15) is 45.9 Å². The lowest BCUT2D eigenvalue weighted by Gasteiger charge is -2.35. The van der Waals surface area contributed by atoms with Gasteiger partial charge in [0, 0.05) is 59.3 Å². The Labute approximate surface area is 255 Å². The Morgan fingerprint density at radius 3 is 2.60 bits per heavy atom. The molecule has 0 spiro atoms. The van der Waals surface area contributed by atoms with Gasteiger partial charge in [-0.3, -0.25) is 4.79 Å². The number of hydrogen-bond donors (Lipinski definition) is 2. The van der Waals surface area contributed by atoms with E-state index in [4.69, 9.17) is 21.3 Å². The number of amides is 1. The molecule has 8 nitrogen and oxygen atoms in total. The first-order chi connectivity index (χ1) is 20.8. The van der Waals surface area contributed by atoms with Crippen LogP contribution in [0.15, 0.2) is 66.9 Å². The SMILES string of the molecule is COc1cccc(F)c1C1NCc2cnc(Nc3ccc(C(=O)N4CCC(N(C)C)CC4)cc3)nc2-c2ccc(Cl)cc21. The second kappa shape index (κ2) is 12.3. The minimum absolute atomic E-state index is 0.0499. The summed E-state index contributed by atoms with van der Waals surface area (Å²) in [7, 11) is 5.71. The summed E-state index contributed by atoms with van der Waals surface area (Å²) in [6.45, 7) is 1.93. The first-order valence-corrected chi connectivity index (χ1v) is 14.7. The third-order valence-corrected chi connectivity index (χ3v) is 8.57. The zero-order valence-electron chi connectivity index (χ0n) is 24.4. The lowest BCUT2D eigenvalue weighted by Crippen LogP contribution is -2.44. The van der Waals surface area contributed by atoms with Crippen LogP contribution in [0.4, 0.5) is 16.0 Å². The normalized spacial score (nSPS) is 16.8. The van der Waals surface area contributed by atoms with Gasteiger partial charge in [-0.1, -0.05) is 23.7 Å². The molecule has 2 aliphatic rings. The second-order valence-electron chi connectivity index (χ2n) is 11.2. The number of aromatic nitrogens is 2. The smallest absolute Gasteiger partial charge is 0.253 e. The number of halogens is 2. The van der Waals surface area contributed by atoms with Crippen molar-refractivity contribution in [2.45, 2.75) is 31.5 Å². The van der Waals surface area contributed by atoms with Gasteiger partial charge in [-0.2, -0.15) is 0 Å². The first-order valence-electron chi connectivity index (χ1n) is 14.4. The van der Waals surface area contributed by atoms with Gasteiger partial charge in [-0.15, -0.1) is 0 Å². The molecule has 0 radical (unpaired) electrons. The van der Waals surface area contributed by atoms with Crippen molar-refractivity contribution in [3.05, 3.63) is 100.0 Å². The Balaban J connectivity index is 1.25. The van der Waals surface area contributed by atoms with Crippen LogP contribution in [0.2, 0.25) is 5.02 Å². The summed E-state index contributed by atoms with van der Waals surface area (Å²) in [5, 5.41) is 7.26. The summed E-state index contributed by atoms with van der Waals surface area (Å²) in [6.07, 6.45) is 3.73. The zero-order valence-corrected chi connectivity index (χ0v) is 25.2. The predicted molar refractivity (Wildman–Crippen MR) is 166 cm³/mol. The Bertz CT molecular complexity index is 1640. The maximum absolute atomic E-state index is 15.2. The zero-order chi connectivity index (χ0) is 30.1. The van der Waals surface area contributed by atoms with Gasteiger partial charge in [0.15, 0.2) is 0 Å². The number of carbonyl (C=O) groups is 1. The number of benzene rings is 3. The van der Waals surface area contributed by atoms with Crippen molar-refractivity contribution in [1.82, 2.24) is 25.1 Å². The van der Waals surface area contributed by atoms with E-state index >= 15 is 4.39 Å². The fourth-order valence-corrected chi connectivity index (χ4v) is 6.15. The van der Waals surface area contributed by atoms with E-state index in [2.05, 4.69) is 34.6 Å². The summed E-state index contributed by atoms with van der Waals surface area (Å²) in [6, 6.07) is 17.7. The molecule has 0 aliphatic carbocycles. The molecule has 3 heterocycles. The average molecular weight is 601 g/mol. The fourth-order valence-electron chi connectivity index (χ4n) is 5.97. The van der Waals surface area contributed by atoms with Crippen molar-refractivity contribution in [2.75, 3.05) is 39.6 Å². The number of carbonyl (C=O) groups excluding carboxylic acids is 1. The molecule has 4 aromatic rings. The number of methoxy groups -OCH3 is 1. The molecular weight excluding hydrogens is 567 g/mol. The molecule has 1 fully saturated rings. The van der Waals surface area contributed by atoms with Gasteiger partial charge >= 0.3 is 0 Å². The van der Waals surface area contributed by atoms with E-state index in [1.54, 1.807) is 24.4 Å². The summed E-state index contributed by atoms with van der Waals surface area (Å²) in [5.74, 6) is 0.533. The second-order valence-corrected chi connectivity index (χ2v) is 11.6. The molecule has 1 amide bonds. The maximum atomic E-state index is 15.2. The Hall–Kier alpha value is -4.05. The van der Waals surface area contributed by atoms with Crippen molar-refractivity contribution in [2.24, 2.45) is 0 Å². The Morgan fingerprint density at radius 2 is 1.88 bits per heavy atom. The van der Waals surface area contributed by atoms with Gasteiger partial charge in [0.25, 0.3) is 5.91 Å². The molecule has 6 rings (SSSR count). The van der Waals surface area contributed by atoms with Crippen LogP contribution < -0.4 is 15.4 Å². The molecule has 0 bridgehead atoms. The van der Waals surface area contributed by atoms with Crippen LogP contribution in [-0.2, 0) is 6.54 Å². The summed E-state index contributed by atoms with van der Waals surface area (Å²) in [5.41, 5.74) is 5.03. The largest absolute Gasteiger partial charge is 0.496 e. The average Bonchev–Trinajstić information content (AvgIpc) is 3.17. The monoisotopic (exact) mass is 600 g/mol. The van der Waals surface area contributed by atoms with E-state index in [-0.39, 0.29) is 11.7 Å². The van der Waals surface area contributed by atoms with Crippen LogP contribution in [0.3, 0.4) is 0 Å². The van der Waals surface area contributed by atoms with Crippen molar-refractivity contribution in [1.29, 1.82) is 0 Å².